The molecule has 0 unspecified atom stereocenters. The van der Waals surface area contributed by atoms with E-state index in [1.54, 1.807) is 18.2 Å². The van der Waals surface area contributed by atoms with Gasteiger partial charge in [-0.25, -0.2) is 0 Å². The highest BCUT2D eigenvalue weighted by Crippen LogP contribution is 2.28. The lowest BCUT2D eigenvalue weighted by Gasteiger charge is -2.11. The number of alkyl halides is 3. The molecule has 0 aromatic heterocycles. The van der Waals surface area contributed by atoms with E-state index in [1.165, 1.54) is 24.3 Å². The second-order valence-corrected chi connectivity index (χ2v) is 4.80. The third-order valence-corrected chi connectivity index (χ3v) is 2.87. The molecule has 2 aromatic rings. The first-order valence-electron chi connectivity index (χ1n) is 7.23. The Kier molecular flexibility index (Phi) is 5.73. The first kappa shape index (κ1) is 17.0. The van der Waals surface area contributed by atoms with Crippen LogP contribution in [0.15, 0.2) is 48.5 Å². The Balaban J connectivity index is 1.97. The second-order valence-electron chi connectivity index (χ2n) is 4.80. The van der Waals surface area contributed by atoms with Gasteiger partial charge in [0, 0.05) is 6.07 Å². The van der Waals surface area contributed by atoms with E-state index in [0.717, 1.165) is 12.8 Å². The average Bonchev–Trinajstić information content (AvgIpc) is 2.49. The Morgan fingerprint density at radius 2 is 1.52 bits per heavy atom. The molecule has 0 spiro atoms. The molecule has 0 radical (unpaired) electrons. The number of benzene rings is 2. The summed E-state index contributed by atoms with van der Waals surface area (Å²) in [6, 6.07) is 12.3. The van der Waals surface area contributed by atoms with Crippen LogP contribution in [0.5, 0.6) is 23.0 Å². The van der Waals surface area contributed by atoms with Crippen LogP contribution in [-0.4, -0.2) is 13.0 Å². The van der Waals surface area contributed by atoms with Crippen molar-refractivity contribution in [3.63, 3.8) is 0 Å². The van der Waals surface area contributed by atoms with E-state index in [0.29, 0.717) is 23.9 Å². The molecular weight excluding hydrogens is 309 g/mol. The van der Waals surface area contributed by atoms with Gasteiger partial charge < -0.3 is 14.2 Å². The normalized spacial score (nSPS) is 11.1. The lowest BCUT2D eigenvalue weighted by atomic mass is 10.3. The highest BCUT2D eigenvalue weighted by molar-refractivity contribution is 5.38. The molecule has 0 amide bonds. The van der Waals surface area contributed by atoms with E-state index in [9.17, 15) is 13.2 Å². The quantitative estimate of drug-likeness (QED) is 0.624. The molecule has 0 fully saturated rings. The van der Waals surface area contributed by atoms with Gasteiger partial charge in [-0.2, -0.15) is 0 Å². The lowest BCUT2D eigenvalue weighted by molar-refractivity contribution is -0.274. The fourth-order valence-corrected chi connectivity index (χ4v) is 1.81. The van der Waals surface area contributed by atoms with Gasteiger partial charge in [-0.1, -0.05) is 19.4 Å². The topological polar surface area (TPSA) is 27.7 Å². The number of rotatable bonds is 7. The third kappa shape index (κ3) is 6.10. The highest BCUT2D eigenvalue weighted by atomic mass is 19.4. The minimum absolute atomic E-state index is 0.290. The van der Waals surface area contributed by atoms with E-state index in [4.69, 9.17) is 9.47 Å². The maximum atomic E-state index is 12.1. The first-order valence-corrected chi connectivity index (χ1v) is 7.23. The molecule has 0 saturated heterocycles. The van der Waals surface area contributed by atoms with Crippen LogP contribution in [0, 0.1) is 0 Å². The van der Waals surface area contributed by atoms with E-state index in [-0.39, 0.29) is 5.75 Å². The van der Waals surface area contributed by atoms with Crippen LogP contribution in [0.2, 0.25) is 0 Å². The van der Waals surface area contributed by atoms with Crippen LogP contribution in [0.4, 0.5) is 13.2 Å². The summed E-state index contributed by atoms with van der Waals surface area (Å²) < 4.78 is 51.3. The lowest BCUT2D eigenvalue weighted by Crippen LogP contribution is -2.16. The van der Waals surface area contributed by atoms with Crippen molar-refractivity contribution in [1.82, 2.24) is 0 Å². The predicted molar refractivity (Wildman–Crippen MR) is 80.0 cm³/mol. The van der Waals surface area contributed by atoms with Crippen molar-refractivity contribution >= 4 is 0 Å². The van der Waals surface area contributed by atoms with Crippen molar-refractivity contribution in [1.29, 1.82) is 0 Å². The van der Waals surface area contributed by atoms with Crippen molar-refractivity contribution in [2.24, 2.45) is 0 Å². The maximum Gasteiger partial charge on any atom is 0.573 e. The molecule has 0 N–H and O–H groups in total. The summed E-state index contributed by atoms with van der Waals surface area (Å²) >= 11 is 0. The van der Waals surface area contributed by atoms with Gasteiger partial charge >= 0.3 is 6.36 Å². The van der Waals surface area contributed by atoms with E-state index in [1.807, 2.05) is 6.07 Å². The number of hydrogen-bond donors (Lipinski definition) is 0. The molecule has 6 heteroatoms. The fourth-order valence-electron chi connectivity index (χ4n) is 1.81. The zero-order valence-electron chi connectivity index (χ0n) is 12.6. The van der Waals surface area contributed by atoms with Crippen LogP contribution < -0.4 is 14.2 Å². The van der Waals surface area contributed by atoms with Gasteiger partial charge in [0.1, 0.15) is 23.0 Å². The van der Waals surface area contributed by atoms with Crippen molar-refractivity contribution in [3.05, 3.63) is 48.5 Å². The minimum atomic E-state index is -4.70. The molecule has 0 aliphatic carbocycles. The monoisotopic (exact) mass is 326 g/mol. The van der Waals surface area contributed by atoms with Crippen LogP contribution in [-0.2, 0) is 0 Å². The van der Waals surface area contributed by atoms with Crippen molar-refractivity contribution in [2.75, 3.05) is 6.61 Å². The van der Waals surface area contributed by atoms with Crippen LogP contribution >= 0.6 is 0 Å². The van der Waals surface area contributed by atoms with Gasteiger partial charge in [-0.3, -0.25) is 0 Å². The Labute approximate surface area is 132 Å². The van der Waals surface area contributed by atoms with Gasteiger partial charge in [0.2, 0.25) is 0 Å². The van der Waals surface area contributed by atoms with Crippen molar-refractivity contribution in [3.8, 4) is 23.0 Å². The molecule has 0 aliphatic rings. The molecule has 0 aliphatic heterocycles. The zero-order valence-corrected chi connectivity index (χ0v) is 12.6. The number of hydrogen-bond acceptors (Lipinski definition) is 3. The average molecular weight is 326 g/mol. The molecule has 2 rings (SSSR count). The molecule has 0 atom stereocenters. The van der Waals surface area contributed by atoms with Crippen molar-refractivity contribution < 1.29 is 27.4 Å². The molecule has 0 bridgehead atoms. The third-order valence-electron chi connectivity index (χ3n) is 2.87. The number of ether oxygens (including phenoxy) is 3. The van der Waals surface area contributed by atoms with Gasteiger partial charge in [0.05, 0.1) is 6.61 Å². The van der Waals surface area contributed by atoms with Gasteiger partial charge in [0.15, 0.2) is 0 Å². The Bertz CT molecular complexity index is 609. The minimum Gasteiger partial charge on any atom is -0.493 e. The Morgan fingerprint density at radius 1 is 0.870 bits per heavy atom. The van der Waals surface area contributed by atoms with Gasteiger partial charge in [-0.05, 0) is 42.8 Å². The standard InChI is InChI=1S/C17H17F3O3/c1-2-3-11-21-15-5-4-6-16(12-15)22-13-7-9-14(10-8-13)23-17(18,19)20/h4-10,12H,2-3,11H2,1H3. The summed E-state index contributed by atoms with van der Waals surface area (Å²) in [4.78, 5) is 0. The highest BCUT2D eigenvalue weighted by Gasteiger charge is 2.30. The molecule has 2 aromatic carbocycles. The fraction of sp³-hybridized carbons (Fsp3) is 0.294. The molecular formula is C17H17F3O3. The SMILES string of the molecule is CCCCOc1cccc(Oc2ccc(OC(F)(F)F)cc2)c1. The summed E-state index contributed by atoms with van der Waals surface area (Å²) in [5.74, 6) is 1.35. The molecule has 0 saturated carbocycles. The van der Waals surface area contributed by atoms with Gasteiger partial charge in [0.25, 0.3) is 0 Å². The summed E-state index contributed by atoms with van der Waals surface area (Å²) in [5, 5.41) is 0. The smallest absolute Gasteiger partial charge is 0.493 e. The summed E-state index contributed by atoms with van der Waals surface area (Å²) in [6.07, 6.45) is -2.69. The van der Waals surface area contributed by atoms with Crippen molar-refractivity contribution in [2.45, 2.75) is 26.1 Å². The Morgan fingerprint density at radius 3 is 2.17 bits per heavy atom. The van der Waals surface area contributed by atoms with E-state index >= 15 is 0 Å². The summed E-state index contributed by atoms with van der Waals surface area (Å²) in [5.41, 5.74) is 0. The number of unbranched alkanes of at least 4 members (excludes halogenated alkanes) is 1. The largest absolute Gasteiger partial charge is 0.573 e. The van der Waals surface area contributed by atoms with E-state index in [2.05, 4.69) is 11.7 Å². The van der Waals surface area contributed by atoms with Gasteiger partial charge in [-0.15, -0.1) is 13.2 Å². The second kappa shape index (κ2) is 7.76. The molecule has 23 heavy (non-hydrogen) atoms. The summed E-state index contributed by atoms with van der Waals surface area (Å²) in [7, 11) is 0. The van der Waals surface area contributed by atoms with E-state index < -0.39 is 6.36 Å². The zero-order chi connectivity index (χ0) is 16.7. The molecule has 124 valence electrons. The first-order chi connectivity index (χ1) is 11.0. The molecule has 3 nitrogen and oxygen atoms in total. The number of halogens is 3. The molecule has 0 heterocycles. The van der Waals surface area contributed by atoms with Crippen LogP contribution in [0.3, 0.4) is 0 Å². The van der Waals surface area contributed by atoms with Crippen LogP contribution in [0.25, 0.3) is 0 Å². The maximum absolute atomic E-state index is 12.1. The summed E-state index contributed by atoms with van der Waals surface area (Å²) in [6.45, 7) is 2.71. The van der Waals surface area contributed by atoms with Crippen LogP contribution in [0.1, 0.15) is 19.8 Å². The predicted octanol–water partition coefficient (Wildman–Crippen LogP) is 5.56. The Hall–Kier alpha value is -2.37.